The van der Waals surface area contributed by atoms with Gasteiger partial charge in [0.1, 0.15) is 4.32 Å². The number of ether oxygens (including phenoxy) is 1. The van der Waals surface area contributed by atoms with Crippen molar-refractivity contribution in [3.8, 4) is 0 Å². The normalized spacial score (nSPS) is 18.6. The van der Waals surface area contributed by atoms with Crippen LogP contribution in [0.15, 0.2) is 0 Å². The highest BCUT2D eigenvalue weighted by Crippen LogP contribution is 2.21. The molecule has 0 aliphatic carbocycles. The second-order valence-electron chi connectivity index (χ2n) is 2.34. The first-order chi connectivity index (χ1) is 4.90. The molecule has 11 heavy (non-hydrogen) atoms. The number of carbonyl (C=O) groups excluding carboxylic acids is 1. The van der Waals surface area contributed by atoms with Gasteiger partial charge >= 0.3 is 5.97 Å². The van der Waals surface area contributed by atoms with Crippen LogP contribution in [0.5, 0.6) is 0 Å². The molecule has 1 N–H and O–H groups in total. The number of aliphatic hydroxyl groups is 1. The van der Waals surface area contributed by atoms with Crippen LogP contribution >= 0.6 is 31.9 Å². The van der Waals surface area contributed by atoms with Crippen LogP contribution in [0, 0.1) is 0 Å². The Hall–Kier alpha value is 0.390. The minimum Gasteiger partial charge on any atom is -0.435 e. The first kappa shape index (κ1) is 11.4. The zero-order chi connectivity index (χ0) is 9.07. The summed E-state index contributed by atoms with van der Waals surface area (Å²) in [5, 5.41) is 9.14. The maximum atomic E-state index is 11.0. The third kappa shape index (κ3) is 4.08. The van der Waals surface area contributed by atoms with Gasteiger partial charge in [-0.2, -0.15) is 0 Å². The van der Waals surface area contributed by atoms with Crippen molar-refractivity contribution in [2.75, 3.05) is 5.33 Å². The minimum absolute atomic E-state index is 0.436. The van der Waals surface area contributed by atoms with Gasteiger partial charge in [-0.15, -0.1) is 0 Å². The Bertz CT molecular complexity index is 145. The number of rotatable bonds is 3. The van der Waals surface area contributed by atoms with Gasteiger partial charge in [0, 0.05) is 5.33 Å². The van der Waals surface area contributed by atoms with Crippen molar-refractivity contribution in [2.24, 2.45) is 0 Å². The summed E-state index contributed by atoms with van der Waals surface area (Å²) in [5.41, 5.74) is 0. The Morgan fingerprint density at radius 1 is 1.82 bits per heavy atom. The van der Waals surface area contributed by atoms with E-state index in [0.717, 1.165) is 0 Å². The number of esters is 1. The van der Waals surface area contributed by atoms with Gasteiger partial charge < -0.3 is 9.84 Å². The van der Waals surface area contributed by atoms with Crippen molar-refractivity contribution in [1.82, 2.24) is 0 Å². The fourth-order valence-electron chi connectivity index (χ4n) is 0.332. The van der Waals surface area contributed by atoms with Crippen LogP contribution in [-0.4, -0.2) is 27.0 Å². The highest BCUT2D eigenvalue weighted by Gasteiger charge is 2.31. The van der Waals surface area contributed by atoms with E-state index < -0.39 is 16.6 Å². The molecular formula is C6H10Br2O3. The lowest BCUT2D eigenvalue weighted by Crippen LogP contribution is -2.34. The molecule has 0 aromatic heterocycles. The summed E-state index contributed by atoms with van der Waals surface area (Å²) in [7, 11) is 0. The van der Waals surface area contributed by atoms with Crippen LogP contribution in [-0.2, 0) is 9.53 Å². The van der Waals surface area contributed by atoms with E-state index in [2.05, 4.69) is 36.6 Å². The second kappa shape index (κ2) is 4.42. The maximum absolute atomic E-state index is 11.0. The Kier molecular flexibility index (Phi) is 4.58. The van der Waals surface area contributed by atoms with Crippen LogP contribution in [0.4, 0.5) is 0 Å². The molecule has 0 amide bonds. The van der Waals surface area contributed by atoms with Crippen molar-refractivity contribution in [3.05, 3.63) is 0 Å². The van der Waals surface area contributed by atoms with Crippen molar-refractivity contribution < 1.29 is 14.6 Å². The molecule has 2 unspecified atom stereocenters. The summed E-state index contributed by atoms with van der Waals surface area (Å²) in [4.78, 5) is 11.0. The predicted molar refractivity (Wildman–Crippen MR) is 48.9 cm³/mol. The minimum atomic E-state index is -1.06. The molecule has 3 nitrogen and oxygen atoms in total. The fraction of sp³-hybridized carbons (Fsp3) is 0.833. The van der Waals surface area contributed by atoms with E-state index in [1.54, 1.807) is 6.92 Å². The standard InChI is InChI=1S/C6H10Br2O3/c1-4(9)11-5(10)6(2,8)3-7/h4,9H,3H2,1-2H3. The van der Waals surface area contributed by atoms with E-state index in [1.807, 2.05) is 0 Å². The topological polar surface area (TPSA) is 46.5 Å². The number of alkyl halides is 2. The van der Waals surface area contributed by atoms with Gasteiger partial charge in [0.05, 0.1) is 0 Å². The van der Waals surface area contributed by atoms with Crippen LogP contribution < -0.4 is 0 Å². The average Bonchev–Trinajstić information content (AvgIpc) is 1.86. The highest BCUT2D eigenvalue weighted by atomic mass is 79.9. The smallest absolute Gasteiger partial charge is 0.325 e. The van der Waals surface area contributed by atoms with Gasteiger partial charge in [-0.1, -0.05) is 31.9 Å². The van der Waals surface area contributed by atoms with Crippen molar-refractivity contribution in [2.45, 2.75) is 24.5 Å². The number of aliphatic hydroxyl groups excluding tert-OH is 1. The highest BCUT2D eigenvalue weighted by molar-refractivity contribution is 9.12. The molecule has 5 heteroatoms. The molecule has 0 saturated carbocycles. The zero-order valence-electron chi connectivity index (χ0n) is 6.30. The van der Waals surface area contributed by atoms with Crippen molar-refractivity contribution in [3.63, 3.8) is 0 Å². The third-order valence-electron chi connectivity index (χ3n) is 0.954. The second-order valence-corrected chi connectivity index (χ2v) is 4.65. The van der Waals surface area contributed by atoms with Gasteiger partial charge in [-0.25, -0.2) is 0 Å². The molecule has 0 saturated heterocycles. The number of carbonyl (C=O) groups is 1. The van der Waals surface area contributed by atoms with Gasteiger partial charge in [0.25, 0.3) is 0 Å². The molecule has 0 rings (SSSR count). The Balaban J connectivity index is 4.02. The summed E-state index contributed by atoms with van der Waals surface area (Å²) in [5.74, 6) is -0.482. The molecular weight excluding hydrogens is 280 g/mol. The van der Waals surface area contributed by atoms with Gasteiger partial charge in [0.15, 0.2) is 6.29 Å². The van der Waals surface area contributed by atoms with E-state index in [1.165, 1.54) is 6.92 Å². The molecule has 66 valence electrons. The van der Waals surface area contributed by atoms with E-state index in [0.29, 0.717) is 5.33 Å². The van der Waals surface area contributed by atoms with Crippen molar-refractivity contribution in [1.29, 1.82) is 0 Å². The molecule has 0 aliphatic rings. The van der Waals surface area contributed by atoms with Crippen LogP contribution in [0.2, 0.25) is 0 Å². The van der Waals surface area contributed by atoms with Crippen molar-refractivity contribution >= 4 is 37.8 Å². The molecule has 2 atom stereocenters. The summed E-state index contributed by atoms with van der Waals surface area (Å²) in [6.45, 7) is 3.04. The number of halogens is 2. The monoisotopic (exact) mass is 288 g/mol. The molecule has 0 aromatic rings. The summed E-state index contributed by atoms with van der Waals surface area (Å²) >= 11 is 6.27. The predicted octanol–water partition coefficient (Wildman–Crippen LogP) is 1.42. The lowest BCUT2D eigenvalue weighted by atomic mass is 10.2. The van der Waals surface area contributed by atoms with Gasteiger partial charge in [-0.3, -0.25) is 4.79 Å². The average molecular weight is 290 g/mol. The number of hydrogen-bond donors (Lipinski definition) is 1. The molecule has 0 radical (unpaired) electrons. The summed E-state index contributed by atoms with van der Waals surface area (Å²) in [6.07, 6.45) is -1.06. The Morgan fingerprint density at radius 2 is 2.27 bits per heavy atom. The van der Waals surface area contributed by atoms with Crippen LogP contribution in [0.3, 0.4) is 0 Å². The lowest BCUT2D eigenvalue weighted by Gasteiger charge is -2.18. The van der Waals surface area contributed by atoms with E-state index in [9.17, 15) is 4.79 Å². The summed E-state index contributed by atoms with van der Waals surface area (Å²) < 4.78 is 3.79. The fourth-order valence-corrected chi connectivity index (χ4v) is 0.655. The Labute approximate surface area is 82.4 Å². The largest absolute Gasteiger partial charge is 0.435 e. The number of hydrogen-bond acceptors (Lipinski definition) is 3. The van der Waals surface area contributed by atoms with E-state index in [-0.39, 0.29) is 0 Å². The molecule has 0 aliphatic heterocycles. The molecule has 0 fully saturated rings. The molecule has 0 aromatic carbocycles. The summed E-state index contributed by atoms with van der Waals surface area (Å²) in [6, 6.07) is 0. The Morgan fingerprint density at radius 3 is 2.55 bits per heavy atom. The quantitative estimate of drug-likeness (QED) is 0.486. The van der Waals surface area contributed by atoms with E-state index in [4.69, 9.17) is 5.11 Å². The first-order valence-electron chi connectivity index (χ1n) is 3.04. The SMILES string of the molecule is CC(O)OC(=O)C(C)(Br)CBr. The third-order valence-corrected chi connectivity index (χ3v) is 3.43. The molecule has 0 heterocycles. The van der Waals surface area contributed by atoms with Gasteiger partial charge in [-0.05, 0) is 13.8 Å². The molecule has 0 spiro atoms. The molecule has 0 bridgehead atoms. The lowest BCUT2D eigenvalue weighted by molar-refractivity contribution is -0.166. The van der Waals surface area contributed by atoms with E-state index >= 15 is 0 Å². The maximum Gasteiger partial charge on any atom is 0.325 e. The van der Waals surface area contributed by atoms with Crippen LogP contribution in [0.25, 0.3) is 0 Å². The first-order valence-corrected chi connectivity index (χ1v) is 4.95. The zero-order valence-corrected chi connectivity index (χ0v) is 9.48. The van der Waals surface area contributed by atoms with Crippen LogP contribution in [0.1, 0.15) is 13.8 Å². The van der Waals surface area contributed by atoms with Gasteiger partial charge in [0.2, 0.25) is 0 Å².